The number of carbonyl (C=O) groups is 1. The third-order valence-electron chi connectivity index (χ3n) is 4.78. The van der Waals surface area contributed by atoms with E-state index in [9.17, 15) is 18.0 Å². The maximum Gasteiger partial charge on any atom is 0.418 e. The van der Waals surface area contributed by atoms with Gasteiger partial charge in [-0.1, -0.05) is 26.0 Å². The molecule has 2 aromatic rings. The lowest BCUT2D eigenvalue weighted by atomic mass is 9.75. The molecule has 0 radical (unpaired) electrons. The topological polar surface area (TPSA) is 92.6 Å². The van der Waals surface area contributed by atoms with Gasteiger partial charge in [-0.3, -0.25) is 10.2 Å². The highest BCUT2D eigenvalue weighted by Gasteiger charge is 2.37. The fourth-order valence-electron chi connectivity index (χ4n) is 3.57. The van der Waals surface area contributed by atoms with Crippen LogP contribution in [-0.2, 0) is 12.6 Å². The highest BCUT2D eigenvalue weighted by molar-refractivity contribution is 7.80. The van der Waals surface area contributed by atoms with Gasteiger partial charge in [-0.15, -0.1) is 0 Å². The number of fused-ring (bicyclic) bond motifs is 1. The molecule has 1 aromatic heterocycles. The molecule has 1 heterocycles. The third-order valence-corrected chi connectivity index (χ3v) is 4.87. The molecular formula is C20H21F3N4O2S. The van der Waals surface area contributed by atoms with Gasteiger partial charge in [-0.2, -0.15) is 18.3 Å². The van der Waals surface area contributed by atoms with Crippen molar-refractivity contribution in [3.8, 4) is 0 Å². The number of furan rings is 1. The predicted molar refractivity (Wildman–Crippen MR) is 111 cm³/mol. The van der Waals surface area contributed by atoms with Crippen LogP contribution in [0.1, 0.15) is 53.3 Å². The summed E-state index contributed by atoms with van der Waals surface area (Å²) >= 11 is 4.79. The molecule has 1 aliphatic carbocycles. The molecule has 3 rings (SSSR count). The van der Waals surface area contributed by atoms with Crippen LogP contribution < -0.4 is 16.5 Å². The molecule has 0 fully saturated rings. The van der Waals surface area contributed by atoms with Crippen molar-refractivity contribution in [2.24, 2.45) is 16.3 Å². The van der Waals surface area contributed by atoms with E-state index in [1.54, 1.807) is 6.92 Å². The van der Waals surface area contributed by atoms with Crippen LogP contribution in [0.25, 0.3) is 0 Å². The van der Waals surface area contributed by atoms with Gasteiger partial charge in [0.25, 0.3) is 5.91 Å². The molecule has 1 aromatic carbocycles. The van der Waals surface area contributed by atoms with Crippen molar-refractivity contribution in [3.63, 3.8) is 0 Å². The van der Waals surface area contributed by atoms with Crippen LogP contribution in [0.15, 0.2) is 33.8 Å². The Kier molecular flexibility index (Phi) is 5.64. The first-order valence-corrected chi connectivity index (χ1v) is 9.52. The third kappa shape index (κ3) is 4.48. The van der Waals surface area contributed by atoms with Crippen molar-refractivity contribution in [3.05, 3.63) is 52.5 Å². The van der Waals surface area contributed by atoms with E-state index in [1.807, 2.05) is 13.8 Å². The predicted octanol–water partition coefficient (Wildman–Crippen LogP) is 4.37. The second-order valence-electron chi connectivity index (χ2n) is 7.90. The van der Waals surface area contributed by atoms with E-state index < -0.39 is 17.6 Å². The number of nitrogens with zero attached hydrogens (tertiary/aromatic N) is 1. The molecule has 4 N–H and O–H groups in total. The zero-order chi connectivity index (χ0) is 22.3. The van der Waals surface area contributed by atoms with E-state index in [-0.39, 0.29) is 22.0 Å². The highest BCUT2D eigenvalue weighted by atomic mass is 32.1. The largest absolute Gasteiger partial charge is 0.455 e. The number of thiocarbonyl (C=S) groups is 1. The first kappa shape index (κ1) is 21.8. The summed E-state index contributed by atoms with van der Waals surface area (Å²) in [6.45, 7) is 5.70. The van der Waals surface area contributed by atoms with Gasteiger partial charge in [0.15, 0.2) is 10.9 Å². The number of amides is 1. The second kappa shape index (κ2) is 7.75. The lowest BCUT2D eigenvalue weighted by molar-refractivity contribution is -0.136. The Balaban J connectivity index is 1.99. The minimum atomic E-state index is -4.60. The Bertz CT molecular complexity index is 1040. The fraction of sp³-hybridized carbons (Fsp3) is 0.350. The number of nitrogens with two attached hydrogens (primary N) is 1. The van der Waals surface area contributed by atoms with Crippen LogP contribution in [0.5, 0.6) is 0 Å². The van der Waals surface area contributed by atoms with Gasteiger partial charge in [0.2, 0.25) is 0 Å². The summed E-state index contributed by atoms with van der Waals surface area (Å²) in [5.41, 5.74) is 8.29. The number of hydrogen-bond acceptors (Lipinski definition) is 4. The number of benzene rings is 1. The molecule has 6 nitrogen and oxygen atoms in total. The minimum Gasteiger partial charge on any atom is -0.455 e. The van der Waals surface area contributed by atoms with Gasteiger partial charge in [-0.25, -0.2) is 0 Å². The van der Waals surface area contributed by atoms with E-state index >= 15 is 0 Å². The summed E-state index contributed by atoms with van der Waals surface area (Å²) in [6, 6.07) is 4.78. The fourth-order valence-corrected chi connectivity index (χ4v) is 3.61. The van der Waals surface area contributed by atoms with E-state index in [2.05, 4.69) is 15.8 Å². The number of anilines is 1. The average molecular weight is 438 g/mol. The molecule has 0 unspecified atom stereocenters. The Morgan fingerprint density at radius 1 is 1.27 bits per heavy atom. The summed E-state index contributed by atoms with van der Waals surface area (Å²) in [4.78, 5) is 12.8. The van der Waals surface area contributed by atoms with E-state index in [0.29, 0.717) is 35.4 Å². The average Bonchev–Trinajstić information content (AvgIpc) is 2.94. The second-order valence-corrected chi connectivity index (χ2v) is 8.34. The molecule has 0 saturated carbocycles. The van der Waals surface area contributed by atoms with Crippen LogP contribution in [0, 0.1) is 12.3 Å². The van der Waals surface area contributed by atoms with Gasteiger partial charge in [-0.05, 0) is 43.1 Å². The summed E-state index contributed by atoms with van der Waals surface area (Å²) < 4.78 is 45.5. The van der Waals surface area contributed by atoms with Crippen molar-refractivity contribution in [1.29, 1.82) is 0 Å². The first-order valence-electron chi connectivity index (χ1n) is 9.11. The zero-order valence-corrected chi connectivity index (χ0v) is 17.4. The molecule has 0 saturated heterocycles. The number of alkyl halides is 3. The summed E-state index contributed by atoms with van der Waals surface area (Å²) in [6.07, 6.45) is -3.48. The van der Waals surface area contributed by atoms with Crippen LogP contribution in [0.2, 0.25) is 0 Å². The van der Waals surface area contributed by atoms with Crippen molar-refractivity contribution in [2.45, 2.75) is 39.8 Å². The molecule has 0 spiro atoms. The smallest absolute Gasteiger partial charge is 0.418 e. The summed E-state index contributed by atoms with van der Waals surface area (Å²) in [7, 11) is 0. The molecule has 0 bridgehead atoms. The lowest BCUT2D eigenvalue weighted by Gasteiger charge is -2.29. The van der Waals surface area contributed by atoms with Gasteiger partial charge in [0, 0.05) is 17.5 Å². The lowest BCUT2D eigenvalue weighted by Crippen LogP contribution is -2.31. The van der Waals surface area contributed by atoms with E-state index in [0.717, 1.165) is 6.07 Å². The Hall–Kier alpha value is -2.88. The minimum absolute atomic E-state index is 0.00435. The molecule has 160 valence electrons. The quantitative estimate of drug-likeness (QED) is 0.489. The summed E-state index contributed by atoms with van der Waals surface area (Å²) in [5, 5.41) is 6.56. The first-order chi connectivity index (χ1) is 13.9. The van der Waals surface area contributed by atoms with E-state index in [1.165, 1.54) is 18.2 Å². The number of rotatable bonds is 3. The molecule has 0 aliphatic heterocycles. The van der Waals surface area contributed by atoms with Crippen molar-refractivity contribution >= 4 is 34.6 Å². The van der Waals surface area contributed by atoms with Crippen molar-refractivity contribution < 1.29 is 22.4 Å². The van der Waals surface area contributed by atoms with Crippen molar-refractivity contribution in [2.75, 3.05) is 5.32 Å². The Labute approximate surface area is 176 Å². The number of nitrogens with one attached hydrogen (secondary N) is 2. The number of para-hydroxylation sites is 1. The van der Waals surface area contributed by atoms with Crippen LogP contribution in [0.4, 0.5) is 18.9 Å². The molecule has 30 heavy (non-hydrogen) atoms. The van der Waals surface area contributed by atoms with Crippen LogP contribution in [-0.4, -0.2) is 16.7 Å². The van der Waals surface area contributed by atoms with Gasteiger partial charge in [0.05, 0.1) is 17.0 Å². The van der Waals surface area contributed by atoms with Crippen molar-refractivity contribution in [1.82, 2.24) is 5.43 Å². The molecule has 10 heteroatoms. The molecule has 1 amide bonds. The normalized spacial score (nSPS) is 16.8. The number of hydrazone groups is 1. The summed E-state index contributed by atoms with van der Waals surface area (Å²) in [5.74, 6) is -0.280. The SMILES string of the molecule is Cc1c(C(=O)Nc2ccccc2C(F)(F)F)oc2c1/C(=N\NC(N)=S)CC(C)(C)C2. The van der Waals surface area contributed by atoms with Gasteiger partial charge >= 0.3 is 6.18 Å². The van der Waals surface area contributed by atoms with Gasteiger partial charge in [0.1, 0.15) is 5.76 Å². The number of hydrogen-bond donors (Lipinski definition) is 3. The molecular weight excluding hydrogens is 417 g/mol. The molecule has 1 aliphatic rings. The Morgan fingerprint density at radius 2 is 1.93 bits per heavy atom. The highest BCUT2D eigenvalue weighted by Crippen LogP contribution is 2.39. The van der Waals surface area contributed by atoms with Gasteiger partial charge < -0.3 is 15.5 Å². The standard InChI is InChI=1S/C20H21F3N4O2S/c1-10-15-13(26-27-18(24)30)8-19(2,3)9-14(15)29-16(10)17(28)25-12-7-5-4-6-11(12)20(21,22)23/h4-7H,8-9H2,1-3H3,(H,25,28)(H3,24,27,30)/b26-13-. The molecule has 0 atom stereocenters. The number of carbonyl (C=O) groups excluding carboxylic acids is 1. The number of halogens is 3. The monoisotopic (exact) mass is 438 g/mol. The maximum absolute atomic E-state index is 13.2. The zero-order valence-electron chi connectivity index (χ0n) is 16.6. The van der Waals surface area contributed by atoms with Crippen LogP contribution in [0.3, 0.4) is 0 Å². The van der Waals surface area contributed by atoms with E-state index in [4.69, 9.17) is 22.4 Å². The Morgan fingerprint density at radius 3 is 2.57 bits per heavy atom. The van der Waals surface area contributed by atoms with Crippen LogP contribution >= 0.6 is 12.2 Å². The maximum atomic E-state index is 13.2.